The van der Waals surface area contributed by atoms with Gasteiger partial charge in [-0.3, -0.25) is 9.59 Å². The first kappa shape index (κ1) is 14.1. The van der Waals surface area contributed by atoms with Crippen LogP contribution in [0.25, 0.3) is 0 Å². The van der Waals surface area contributed by atoms with Crippen LogP contribution < -0.4 is 5.32 Å². The zero-order valence-corrected chi connectivity index (χ0v) is 12.5. The van der Waals surface area contributed by atoms with Gasteiger partial charge < -0.3 is 10.4 Å². The molecule has 3 rings (SSSR count). The van der Waals surface area contributed by atoms with Gasteiger partial charge in [-0.15, -0.1) is 11.3 Å². The molecule has 0 aromatic carbocycles. The Labute approximate surface area is 126 Å². The van der Waals surface area contributed by atoms with Crippen molar-refractivity contribution in [3.05, 3.63) is 16.0 Å². The highest BCUT2D eigenvalue weighted by Gasteiger charge is 2.48. The van der Waals surface area contributed by atoms with Crippen molar-refractivity contribution in [2.45, 2.75) is 32.6 Å². The molecule has 1 unspecified atom stereocenters. The molecule has 0 spiro atoms. The summed E-state index contributed by atoms with van der Waals surface area (Å²) in [6.45, 7) is 2.19. The van der Waals surface area contributed by atoms with E-state index in [1.165, 1.54) is 16.2 Å². The Morgan fingerprint density at radius 3 is 2.81 bits per heavy atom. The number of rotatable bonds is 3. The Kier molecular flexibility index (Phi) is 3.46. The summed E-state index contributed by atoms with van der Waals surface area (Å²) in [7, 11) is 0. The van der Waals surface area contributed by atoms with E-state index in [4.69, 9.17) is 5.11 Å². The molecule has 6 heteroatoms. The number of anilines is 1. The third-order valence-electron chi connectivity index (χ3n) is 4.30. The first-order chi connectivity index (χ1) is 10.0. The van der Waals surface area contributed by atoms with Crippen molar-refractivity contribution in [1.82, 2.24) is 0 Å². The van der Waals surface area contributed by atoms with Gasteiger partial charge in [-0.05, 0) is 37.2 Å². The van der Waals surface area contributed by atoms with Crippen LogP contribution in [0, 0.1) is 29.1 Å². The SMILES string of the molecule is CC1CCc2c(sc(NC(=O)[C@@H]3C[C@@H]3C(=O)O)c2C#N)C1. The molecule has 0 aliphatic heterocycles. The van der Waals surface area contributed by atoms with Gasteiger partial charge >= 0.3 is 5.97 Å². The Bertz CT molecular complexity index is 659. The molecule has 2 aliphatic carbocycles. The van der Waals surface area contributed by atoms with E-state index in [1.807, 2.05) is 0 Å². The summed E-state index contributed by atoms with van der Waals surface area (Å²) in [6, 6.07) is 2.20. The first-order valence-corrected chi connectivity index (χ1v) is 7.91. The number of nitrogens with zero attached hydrogens (tertiary/aromatic N) is 1. The van der Waals surface area contributed by atoms with Crippen LogP contribution in [0.4, 0.5) is 5.00 Å². The van der Waals surface area contributed by atoms with Gasteiger partial charge in [0.2, 0.25) is 5.91 Å². The zero-order chi connectivity index (χ0) is 15.1. The van der Waals surface area contributed by atoms with Crippen LogP contribution in [0.5, 0.6) is 0 Å². The predicted octanol–water partition coefficient (Wildman–Crippen LogP) is 2.40. The summed E-state index contributed by atoms with van der Waals surface area (Å²) in [5.41, 5.74) is 1.64. The fourth-order valence-electron chi connectivity index (χ4n) is 2.92. The number of amides is 1. The van der Waals surface area contributed by atoms with Gasteiger partial charge in [-0.2, -0.15) is 5.26 Å². The maximum atomic E-state index is 12.1. The highest BCUT2D eigenvalue weighted by molar-refractivity contribution is 7.16. The van der Waals surface area contributed by atoms with Crippen LogP contribution >= 0.6 is 11.3 Å². The van der Waals surface area contributed by atoms with Crippen LogP contribution in [0.3, 0.4) is 0 Å². The molecule has 21 heavy (non-hydrogen) atoms. The monoisotopic (exact) mass is 304 g/mol. The van der Waals surface area contributed by atoms with Crippen molar-refractivity contribution < 1.29 is 14.7 Å². The van der Waals surface area contributed by atoms with E-state index in [2.05, 4.69) is 18.3 Å². The average molecular weight is 304 g/mol. The van der Waals surface area contributed by atoms with E-state index in [9.17, 15) is 14.9 Å². The lowest BCUT2D eigenvalue weighted by molar-refractivity contribution is -0.139. The van der Waals surface area contributed by atoms with Gasteiger partial charge in [-0.25, -0.2) is 0 Å². The van der Waals surface area contributed by atoms with Crippen molar-refractivity contribution >= 4 is 28.2 Å². The van der Waals surface area contributed by atoms with Gasteiger partial charge in [0, 0.05) is 4.88 Å². The molecule has 0 saturated heterocycles. The number of fused-ring (bicyclic) bond motifs is 1. The van der Waals surface area contributed by atoms with E-state index in [0.29, 0.717) is 22.9 Å². The fraction of sp³-hybridized carbons (Fsp3) is 0.533. The second-order valence-electron chi connectivity index (χ2n) is 5.94. The molecule has 1 heterocycles. The minimum Gasteiger partial charge on any atom is -0.481 e. The molecule has 0 radical (unpaired) electrons. The lowest BCUT2D eigenvalue weighted by Crippen LogP contribution is -2.16. The van der Waals surface area contributed by atoms with E-state index < -0.39 is 17.8 Å². The maximum absolute atomic E-state index is 12.1. The number of carboxylic acids is 1. The summed E-state index contributed by atoms with van der Waals surface area (Å²) < 4.78 is 0. The molecule has 2 aliphatic rings. The van der Waals surface area contributed by atoms with Crippen LogP contribution in [0.1, 0.15) is 35.8 Å². The molecule has 1 aromatic rings. The summed E-state index contributed by atoms with van der Waals surface area (Å²) in [5.74, 6) is -1.61. The van der Waals surface area contributed by atoms with Crippen molar-refractivity contribution in [3.63, 3.8) is 0 Å². The number of nitriles is 1. The molecule has 110 valence electrons. The molecule has 2 N–H and O–H groups in total. The quantitative estimate of drug-likeness (QED) is 0.897. The molecule has 1 fully saturated rings. The summed E-state index contributed by atoms with van der Waals surface area (Å²) in [5, 5.41) is 21.6. The molecule has 1 amide bonds. The van der Waals surface area contributed by atoms with Crippen LogP contribution in [-0.4, -0.2) is 17.0 Å². The molecular formula is C15H16N2O3S. The summed E-state index contributed by atoms with van der Waals surface area (Å²) >= 11 is 1.47. The maximum Gasteiger partial charge on any atom is 0.307 e. The largest absolute Gasteiger partial charge is 0.481 e. The van der Waals surface area contributed by atoms with Gasteiger partial charge in [0.15, 0.2) is 0 Å². The molecule has 5 nitrogen and oxygen atoms in total. The van der Waals surface area contributed by atoms with Crippen molar-refractivity contribution in [2.24, 2.45) is 17.8 Å². The smallest absolute Gasteiger partial charge is 0.307 e. The van der Waals surface area contributed by atoms with Gasteiger partial charge in [0.1, 0.15) is 11.1 Å². The van der Waals surface area contributed by atoms with Crippen molar-refractivity contribution in [2.75, 3.05) is 5.32 Å². The number of aliphatic carboxylic acids is 1. The highest BCUT2D eigenvalue weighted by atomic mass is 32.1. The zero-order valence-electron chi connectivity index (χ0n) is 11.7. The number of carbonyl (C=O) groups excluding carboxylic acids is 1. The van der Waals surface area contributed by atoms with Gasteiger partial charge in [0.05, 0.1) is 17.4 Å². The van der Waals surface area contributed by atoms with Crippen molar-refractivity contribution in [1.29, 1.82) is 5.26 Å². The Balaban J connectivity index is 1.79. The number of carbonyl (C=O) groups is 2. The van der Waals surface area contributed by atoms with Gasteiger partial charge in [0.25, 0.3) is 0 Å². The lowest BCUT2D eigenvalue weighted by atomic mass is 9.88. The van der Waals surface area contributed by atoms with Crippen molar-refractivity contribution in [3.8, 4) is 6.07 Å². The summed E-state index contributed by atoms with van der Waals surface area (Å²) in [6.07, 6.45) is 3.29. The van der Waals surface area contributed by atoms with Crippen LogP contribution in [0.2, 0.25) is 0 Å². The topological polar surface area (TPSA) is 90.2 Å². The van der Waals surface area contributed by atoms with Gasteiger partial charge in [-0.1, -0.05) is 6.92 Å². The van der Waals surface area contributed by atoms with E-state index >= 15 is 0 Å². The molecule has 0 bridgehead atoms. The Morgan fingerprint density at radius 1 is 1.43 bits per heavy atom. The van der Waals surface area contributed by atoms with E-state index in [0.717, 1.165) is 24.8 Å². The normalized spacial score (nSPS) is 26.6. The highest BCUT2D eigenvalue weighted by Crippen LogP contribution is 2.42. The third kappa shape index (κ3) is 2.54. The summed E-state index contributed by atoms with van der Waals surface area (Å²) in [4.78, 5) is 24.1. The first-order valence-electron chi connectivity index (χ1n) is 7.09. The van der Waals surface area contributed by atoms with Crippen LogP contribution in [0.15, 0.2) is 0 Å². The predicted molar refractivity (Wildman–Crippen MR) is 78.1 cm³/mol. The molecule has 1 saturated carbocycles. The van der Waals surface area contributed by atoms with E-state index in [1.54, 1.807) is 0 Å². The second kappa shape index (κ2) is 5.15. The molecule has 1 aromatic heterocycles. The third-order valence-corrected chi connectivity index (χ3v) is 5.47. The minimum atomic E-state index is -0.921. The number of carboxylic acid groups (broad SMARTS) is 1. The number of hydrogen-bond donors (Lipinski definition) is 2. The van der Waals surface area contributed by atoms with E-state index in [-0.39, 0.29) is 5.91 Å². The number of nitrogens with one attached hydrogen (secondary N) is 1. The molecular weight excluding hydrogens is 288 g/mol. The fourth-order valence-corrected chi connectivity index (χ4v) is 4.28. The van der Waals surface area contributed by atoms with Crippen LogP contribution in [-0.2, 0) is 22.4 Å². The second-order valence-corrected chi connectivity index (χ2v) is 7.05. The standard InChI is InChI=1S/C15H16N2O3S/c1-7-2-3-8-11(6-16)14(21-12(8)4-7)17-13(18)9-5-10(9)15(19)20/h7,9-10H,2-5H2,1H3,(H,17,18)(H,19,20)/t7?,9-,10+/m1/s1. The Morgan fingerprint density at radius 2 is 2.19 bits per heavy atom. The Hall–Kier alpha value is -1.87. The minimum absolute atomic E-state index is 0.273. The number of hydrogen-bond acceptors (Lipinski definition) is 4. The molecule has 3 atom stereocenters. The lowest BCUT2D eigenvalue weighted by Gasteiger charge is -2.17. The average Bonchev–Trinajstić information content (AvgIpc) is 3.16. The number of thiophene rings is 1.